The van der Waals surface area contributed by atoms with Gasteiger partial charge in [-0.15, -0.1) is 11.3 Å². The third-order valence-corrected chi connectivity index (χ3v) is 5.47. The van der Waals surface area contributed by atoms with Crippen LogP contribution in [0.25, 0.3) is 11.3 Å². The minimum absolute atomic E-state index is 0.136. The third-order valence-electron chi connectivity index (χ3n) is 3.23. The molecule has 0 aliphatic rings. The summed E-state index contributed by atoms with van der Waals surface area (Å²) in [4.78, 5) is 2.78. The van der Waals surface area contributed by atoms with E-state index in [1.165, 1.54) is 11.4 Å². The van der Waals surface area contributed by atoms with Gasteiger partial charge in [0, 0.05) is 10.9 Å². The Morgan fingerprint density at radius 2 is 1.58 bits per heavy atom. The second kappa shape index (κ2) is 6.65. The molecule has 136 valence electrons. The van der Waals surface area contributed by atoms with E-state index in [0.717, 1.165) is 23.5 Å². The van der Waals surface area contributed by atoms with Crippen molar-refractivity contribution in [2.75, 3.05) is 4.72 Å². The van der Waals surface area contributed by atoms with Crippen LogP contribution in [0.3, 0.4) is 0 Å². The number of halogens is 5. The summed E-state index contributed by atoms with van der Waals surface area (Å²) in [5.74, 6) is -7.49. The zero-order valence-electron chi connectivity index (χ0n) is 12.4. The highest BCUT2D eigenvalue weighted by Crippen LogP contribution is 2.28. The molecule has 0 saturated carbocycles. The summed E-state index contributed by atoms with van der Waals surface area (Å²) >= 11 is 0.781. The number of hydrogen-bond donors (Lipinski definition) is 1. The standard InChI is InChI=1S/C15H7F5N2O2S2/c16-8-2-1-7(5-10(8)18)11-6-25-15(21-11)22-26(23,24)12-4-3-9(17)13(19)14(12)20/h1-6H,(H,21,22). The molecule has 0 amide bonds. The number of rotatable bonds is 4. The van der Waals surface area contributed by atoms with Crippen LogP contribution >= 0.6 is 11.3 Å². The lowest BCUT2D eigenvalue weighted by Crippen LogP contribution is -2.15. The van der Waals surface area contributed by atoms with Crippen LogP contribution in [0.1, 0.15) is 0 Å². The molecule has 11 heteroatoms. The van der Waals surface area contributed by atoms with Crippen LogP contribution < -0.4 is 4.72 Å². The molecule has 3 rings (SSSR count). The van der Waals surface area contributed by atoms with Crippen molar-refractivity contribution in [3.05, 3.63) is 64.8 Å². The van der Waals surface area contributed by atoms with Crippen LogP contribution in [0.2, 0.25) is 0 Å². The SMILES string of the molecule is O=S(=O)(Nc1nc(-c2ccc(F)c(F)c2)cs1)c1ccc(F)c(F)c1F. The highest BCUT2D eigenvalue weighted by atomic mass is 32.2. The van der Waals surface area contributed by atoms with E-state index in [9.17, 15) is 30.4 Å². The van der Waals surface area contributed by atoms with Gasteiger partial charge in [-0.2, -0.15) is 0 Å². The van der Waals surface area contributed by atoms with Crippen molar-refractivity contribution in [2.24, 2.45) is 0 Å². The van der Waals surface area contributed by atoms with Gasteiger partial charge in [-0.1, -0.05) is 0 Å². The first-order chi connectivity index (χ1) is 12.2. The summed E-state index contributed by atoms with van der Waals surface area (Å²) in [7, 11) is -4.58. The van der Waals surface area contributed by atoms with Gasteiger partial charge in [0.05, 0.1) is 5.69 Å². The number of benzene rings is 2. The van der Waals surface area contributed by atoms with Crippen molar-refractivity contribution in [3.8, 4) is 11.3 Å². The van der Waals surface area contributed by atoms with Crippen molar-refractivity contribution in [1.82, 2.24) is 4.98 Å². The van der Waals surface area contributed by atoms with Gasteiger partial charge in [0.2, 0.25) is 0 Å². The van der Waals surface area contributed by atoms with Crippen molar-refractivity contribution >= 4 is 26.5 Å². The lowest BCUT2D eigenvalue weighted by atomic mass is 10.2. The minimum Gasteiger partial charge on any atom is -0.255 e. The second-order valence-electron chi connectivity index (χ2n) is 4.95. The van der Waals surface area contributed by atoms with Gasteiger partial charge < -0.3 is 0 Å². The molecule has 1 aromatic heterocycles. The molecule has 0 bridgehead atoms. The first-order valence-electron chi connectivity index (χ1n) is 6.76. The molecule has 26 heavy (non-hydrogen) atoms. The molecule has 0 saturated heterocycles. The Kier molecular flexibility index (Phi) is 4.67. The summed E-state index contributed by atoms with van der Waals surface area (Å²) in [5.41, 5.74) is 0.321. The maximum absolute atomic E-state index is 13.7. The molecular formula is C15H7F5N2O2S2. The summed E-state index contributed by atoms with van der Waals surface area (Å²) in [6.45, 7) is 0. The van der Waals surface area contributed by atoms with Gasteiger partial charge in [0.25, 0.3) is 10.0 Å². The van der Waals surface area contributed by atoms with E-state index in [1.807, 2.05) is 4.72 Å². The molecule has 0 spiro atoms. The normalized spacial score (nSPS) is 11.6. The zero-order valence-corrected chi connectivity index (χ0v) is 14.1. The molecule has 0 unspecified atom stereocenters. The van der Waals surface area contributed by atoms with Gasteiger partial charge in [-0.05, 0) is 30.3 Å². The lowest BCUT2D eigenvalue weighted by molar-refractivity contribution is 0.432. The summed E-state index contributed by atoms with van der Waals surface area (Å²) in [6.07, 6.45) is 0. The predicted molar refractivity (Wildman–Crippen MR) is 84.6 cm³/mol. The third kappa shape index (κ3) is 3.40. The number of thiazole rings is 1. The molecule has 0 fully saturated rings. The van der Waals surface area contributed by atoms with Crippen molar-refractivity contribution in [1.29, 1.82) is 0 Å². The van der Waals surface area contributed by atoms with Crippen LogP contribution in [0, 0.1) is 29.1 Å². The Morgan fingerprint density at radius 3 is 2.27 bits per heavy atom. The number of anilines is 1. The van der Waals surface area contributed by atoms with E-state index in [1.54, 1.807) is 0 Å². The number of aromatic nitrogens is 1. The second-order valence-corrected chi connectivity index (χ2v) is 7.45. The Morgan fingerprint density at radius 1 is 0.885 bits per heavy atom. The van der Waals surface area contributed by atoms with Crippen molar-refractivity contribution < 1.29 is 30.4 Å². The molecule has 4 nitrogen and oxygen atoms in total. The van der Waals surface area contributed by atoms with Crippen LogP contribution in [0.4, 0.5) is 27.1 Å². The lowest BCUT2D eigenvalue weighted by Gasteiger charge is -2.07. The van der Waals surface area contributed by atoms with Gasteiger partial charge in [-0.3, -0.25) is 4.72 Å². The van der Waals surface area contributed by atoms with Gasteiger partial charge in [-0.25, -0.2) is 35.4 Å². The highest BCUT2D eigenvalue weighted by Gasteiger charge is 2.25. The molecule has 1 N–H and O–H groups in total. The van der Waals surface area contributed by atoms with Crippen molar-refractivity contribution in [2.45, 2.75) is 4.90 Å². The maximum atomic E-state index is 13.7. The van der Waals surface area contributed by atoms with E-state index < -0.39 is 44.0 Å². The van der Waals surface area contributed by atoms with Crippen LogP contribution in [-0.2, 0) is 10.0 Å². The molecule has 0 aliphatic heterocycles. The summed E-state index contributed by atoms with van der Waals surface area (Å²) in [5, 5.41) is 1.13. The Bertz CT molecular complexity index is 1100. The summed E-state index contributed by atoms with van der Waals surface area (Å²) in [6, 6.07) is 4.03. The predicted octanol–water partition coefficient (Wildman–Crippen LogP) is 4.31. The van der Waals surface area contributed by atoms with E-state index in [4.69, 9.17) is 0 Å². The molecule has 0 aliphatic carbocycles. The molecule has 0 atom stereocenters. The molecule has 3 aromatic rings. The first-order valence-corrected chi connectivity index (χ1v) is 9.12. The number of sulfonamides is 1. The fourth-order valence-corrected chi connectivity index (χ4v) is 4.04. The van der Waals surface area contributed by atoms with E-state index in [-0.39, 0.29) is 16.4 Å². The Hall–Kier alpha value is -2.53. The fourth-order valence-electron chi connectivity index (χ4n) is 1.99. The van der Waals surface area contributed by atoms with Gasteiger partial charge >= 0.3 is 0 Å². The molecule has 1 heterocycles. The fraction of sp³-hybridized carbons (Fsp3) is 0. The average molecular weight is 406 g/mol. The van der Waals surface area contributed by atoms with Crippen molar-refractivity contribution in [3.63, 3.8) is 0 Å². The Labute approximate surface area is 148 Å². The van der Waals surface area contributed by atoms with Crippen LogP contribution in [0.15, 0.2) is 40.6 Å². The van der Waals surface area contributed by atoms with Crippen LogP contribution in [-0.4, -0.2) is 13.4 Å². The monoisotopic (exact) mass is 406 g/mol. The first kappa shape index (κ1) is 18.3. The van der Waals surface area contributed by atoms with E-state index >= 15 is 0 Å². The van der Waals surface area contributed by atoms with Gasteiger partial charge in [0.1, 0.15) is 4.90 Å². The summed E-state index contributed by atoms with van der Waals surface area (Å²) < 4.78 is 92.3. The smallest absolute Gasteiger partial charge is 0.255 e. The molecular weight excluding hydrogens is 399 g/mol. The number of hydrogen-bond acceptors (Lipinski definition) is 4. The Balaban J connectivity index is 1.91. The largest absolute Gasteiger partial charge is 0.266 e. The zero-order chi connectivity index (χ0) is 19.1. The number of nitrogens with one attached hydrogen (secondary N) is 1. The maximum Gasteiger partial charge on any atom is 0.266 e. The van der Waals surface area contributed by atoms with E-state index in [2.05, 4.69) is 4.98 Å². The number of nitrogens with zero attached hydrogens (tertiary/aromatic N) is 1. The van der Waals surface area contributed by atoms with E-state index in [0.29, 0.717) is 12.1 Å². The average Bonchev–Trinajstić information content (AvgIpc) is 3.02. The molecule has 0 radical (unpaired) electrons. The minimum atomic E-state index is -4.58. The topological polar surface area (TPSA) is 59.1 Å². The quantitative estimate of drug-likeness (QED) is 0.519. The van der Waals surface area contributed by atoms with Crippen LogP contribution in [0.5, 0.6) is 0 Å². The van der Waals surface area contributed by atoms with Gasteiger partial charge in [0.15, 0.2) is 34.2 Å². The highest BCUT2D eigenvalue weighted by molar-refractivity contribution is 7.93. The molecule has 2 aromatic carbocycles.